The first-order valence-corrected chi connectivity index (χ1v) is 16.6. The van der Waals surface area contributed by atoms with Gasteiger partial charge in [-0.3, -0.25) is 4.79 Å². The molecule has 1 fully saturated rings. The van der Waals surface area contributed by atoms with Crippen LogP contribution in [-0.2, 0) is 19.1 Å². The molecule has 8 heteroatoms. The minimum Gasteiger partial charge on any atom is -0.498 e. The normalized spacial score (nSPS) is 21.6. The lowest BCUT2D eigenvalue weighted by Crippen LogP contribution is -2.48. The highest BCUT2D eigenvalue weighted by atomic mass is 19.1. The van der Waals surface area contributed by atoms with Crippen molar-refractivity contribution in [3.05, 3.63) is 70.8 Å². The minimum atomic E-state index is -0.211. The molecular formula is C36H54FN3O4. The second kappa shape index (κ2) is 18.0. The van der Waals surface area contributed by atoms with Crippen LogP contribution in [0.1, 0.15) is 79.6 Å². The average Bonchev–Trinajstić information content (AvgIpc) is 3.03. The first-order valence-electron chi connectivity index (χ1n) is 16.6. The van der Waals surface area contributed by atoms with Gasteiger partial charge in [-0.25, -0.2) is 4.39 Å². The number of amides is 1. The highest BCUT2D eigenvalue weighted by molar-refractivity contribution is 5.56. The SMILES string of the molecule is CC/C=C(F)\C=C/C(CC)C1=C(OCC)CC(CN2CCC(CC)(CN(C=O)C3=CC=C(CC=O)CN3)CC2)C=C1OCC. The van der Waals surface area contributed by atoms with Gasteiger partial charge in [0.25, 0.3) is 0 Å². The van der Waals surface area contributed by atoms with Gasteiger partial charge >= 0.3 is 0 Å². The van der Waals surface area contributed by atoms with Gasteiger partial charge in [0.15, 0.2) is 0 Å². The van der Waals surface area contributed by atoms with Crippen molar-refractivity contribution in [2.75, 3.05) is 45.9 Å². The molecule has 3 aliphatic rings. The predicted molar refractivity (Wildman–Crippen MR) is 175 cm³/mol. The summed E-state index contributed by atoms with van der Waals surface area (Å²) in [5.41, 5.74) is 2.12. The molecule has 2 atom stereocenters. The Morgan fingerprint density at radius 2 is 1.89 bits per heavy atom. The molecule has 2 unspecified atom stereocenters. The van der Waals surface area contributed by atoms with E-state index in [1.54, 1.807) is 17.1 Å². The van der Waals surface area contributed by atoms with E-state index >= 15 is 0 Å². The van der Waals surface area contributed by atoms with Crippen LogP contribution < -0.4 is 5.32 Å². The van der Waals surface area contributed by atoms with E-state index in [0.29, 0.717) is 39.1 Å². The number of dihydropyridines is 1. The van der Waals surface area contributed by atoms with Crippen LogP contribution in [0.5, 0.6) is 0 Å². The molecule has 0 spiro atoms. The molecule has 0 aromatic heterocycles. The molecule has 1 N–H and O–H groups in total. The van der Waals surface area contributed by atoms with Gasteiger partial charge in [-0.2, -0.15) is 0 Å². The molecule has 2 heterocycles. The standard InChI is InChI=1S/C36H54FN3O4/c1-6-11-31(37)14-13-30(7-2)35-32(43-9-4)22-29(23-33(35)44-10-5)25-39-19-17-36(8-3,18-20-39)26-40(27-42)34-15-12-28(16-21-41)24-38-34/h11-15,21-22,27,29-30,38H,6-10,16-20,23-26H2,1-5H3/b14-13-,31-11+. The summed E-state index contributed by atoms with van der Waals surface area (Å²) >= 11 is 0. The molecule has 7 nitrogen and oxygen atoms in total. The number of hydrogen-bond acceptors (Lipinski definition) is 6. The van der Waals surface area contributed by atoms with Crippen LogP contribution in [0, 0.1) is 17.3 Å². The maximum Gasteiger partial charge on any atom is 0.215 e. The van der Waals surface area contributed by atoms with Gasteiger partial charge < -0.3 is 29.4 Å². The Balaban J connectivity index is 1.70. The van der Waals surface area contributed by atoms with E-state index in [2.05, 4.69) is 30.1 Å². The van der Waals surface area contributed by atoms with Crippen molar-refractivity contribution in [3.8, 4) is 0 Å². The highest BCUT2D eigenvalue weighted by Gasteiger charge is 2.37. The monoisotopic (exact) mass is 611 g/mol. The zero-order valence-corrected chi connectivity index (χ0v) is 27.6. The zero-order chi connectivity index (χ0) is 32.0. The molecule has 244 valence electrons. The highest BCUT2D eigenvalue weighted by Crippen LogP contribution is 2.40. The molecule has 1 saturated heterocycles. The third-order valence-corrected chi connectivity index (χ3v) is 9.14. The fraction of sp³-hybridized carbons (Fsp3) is 0.611. The van der Waals surface area contributed by atoms with Gasteiger partial charge in [-0.15, -0.1) is 0 Å². The van der Waals surface area contributed by atoms with Crippen LogP contribution in [0.4, 0.5) is 4.39 Å². The molecule has 44 heavy (non-hydrogen) atoms. The predicted octanol–water partition coefficient (Wildman–Crippen LogP) is 6.97. The summed E-state index contributed by atoms with van der Waals surface area (Å²) in [6.07, 6.45) is 18.8. The van der Waals surface area contributed by atoms with Crippen molar-refractivity contribution in [1.29, 1.82) is 0 Å². The number of piperidine rings is 1. The van der Waals surface area contributed by atoms with Gasteiger partial charge in [0.05, 0.1) is 13.2 Å². The molecule has 1 amide bonds. The topological polar surface area (TPSA) is 71.1 Å². The van der Waals surface area contributed by atoms with Crippen molar-refractivity contribution in [2.24, 2.45) is 17.3 Å². The van der Waals surface area contributed by atoms with Crippen LogP contribution in [0.15, 0.2) is 70.8 Å². The van der Waals surface area contributed by atoms with Gasteiger partial charge in [-0.05, 0) is 94.3 Å². The summed E-state index contributed by atoms with van der Waals surface area (Å²) in [5, 5.41) is 3.32. The summed E-state index contributed by atoms with van der Waals surface area (Å²) < 4.78 is 26.7. The number of hydrogen-bond donors (Lipinski definition) is 1. The Morgan fingerprint density at radius 1 is 1.14 bits per heavy atom. The Bertz CT molecular complexity index is 1140. The summed E-state index contributed by atoms with van der Waals surface area (Å²) in [6.45, 7) is 15.5. The minimum absolute atomic E-state index is 0.00750. The molecule has 0 aromatic rings. The summed E-state index contributed by atoms with van der Waals surface area (Å²) in [6, 6.07) is 0. The Kier molecular flexibility index (Phi) is 14.5. The number of rotatable bonds is 18. The van der Waals surface area contributed by atoms with E-state index < -0.39 is 0 Å². The van der Waals surface area contributed by atoms with Crippen molar-refractivity contribution in [1.82, 2.24) is 15.1 Å². The van der Waals surface area contributed by atoms with E-state index in [9.17, 15) is 14.0 Å². The van der Waals surface area contributed by atoms with Gasteiger partial charge in [0.2, 0.25) is 6.41 Å². The number of likely N-dealkylation sites (tertiary alicyclic amines) is 1. The number of nitrogens with zero attached hydrogens (tertiary/aromatic N) is 2. The summed E-state index contributed by atoms with van der Waals surface area (Å²) in [5.74, 6) is 2.68. The number of carbonyl (C=O) groups excluding carboxylic acids is 2. The molecule has 0 saturated carbocycles. The van der Waals surface area contributed by atoms with Crippen LogP contribution in [0.2, 0.25) is 0 Å². The Morgan fingerprint density at radius 3 is 2.45 bits per heavy atom. The van der Waals surface area contributed by atoms with Crippen LogP contribution >= 0.6 is 0 Å². The van der Waals surface area contributed by atoms with Crippen molar-refractivity contribution < 1.29 is 23.5 Å². The van der Waals surface area contributed by atoms with Crippen molar-refractivity contribution in [3.63, 3.8) is 0 Å². The lowest BCUT2D eigenvalue weighted by molar-refractivity contribution is -0.118. The van der Waals surface area contributed by atoms with Crippen LogP contribution in [0.3, 0.4) is 0 Å². The third kappa shape index (κ3) is 9.68. The first-order chi connectivity index (χ1) is 21.3. The Hall–Kier alpha value is -3.13. The van der Waals surface area contributed by atoms with Gasteiger partial charge in [0, 0.05) is 49.9 Å². The number of carbonyl (C=O) groups is 2. The number of allylic oxidation sites excluding steroid dienone is 8. The average molecular weight is 612 g/mol. The lowest BCUT2D eigenvalue weighted by Gasteiger charge is -2.44. The van der Waals surface area contributed by atoms with Crippen LogP contribution in [0.25, 0.3) is 0 Å². The number of nitrogens with one attached hydrogen (secondary N) is 1. The fourth-order valence-corrected chi connectivity index (χ4v) is 6.52. The molecule has 0 radical (unpaired) electrons. The molecule has 3 rings (SSSR count). The number of aldehydes is 1. The third-order valence-electron chi connectivity index (χ3n) is 9.14. The van der Waals surface area contributed by atoms with Gasteiger partial charge in [0.1, 0.15) is 29.5 Å². The maximum absolute atomic E-state index is 14.2. The molecule has 1 aliphatic carbocycles. The largest absolute Gasteiger partial charge is 0.498 e. The number of halogens is 1. The van der Waals surface area contributed by atoms with Crippen molar-refractivity contribution in [2.45, 2.75) is 79.6 Å². The molecule has 0 bridgehead atoms. The Labute approximate surface area is 264 Å². The second-order valence-corrected chi connectivity index (χ2v) is 12.1. The quantitative estimate of drug-likeness (QED) is 0.133. The summed E-state index contributed by atoms with van der Waals surface area (Å²) in [4.78, 5) is 27.3. The van der Waals surface area contributed by atoms with E-state index in [0.717, 1.165) is 92.9 Å². The smallest absolute Gasteiger partial charge is 0.215 e. The maximum atomic E-state index is 14.2. The van der Waals surface area contributed by atoms with Crippen LogP contribution in [-0.4, -0.2) is 68.4 Å². The fourth-order valence-electron chi connectivity index (χ4n) is 6.52. The first kappa shape index (κ1) is 35.4. The lowest BCUT2D eigenvalue weighted by atomic mass is 9.75. The molecule has 2 aliphatic heterocycles. The van der Waals surface area contributed by atoms with Gasteiger partial charge in [-0.1, -0.05) is 32.9 Å². The molecule has 0 aromatic carbocycles. The number of ether oxygens (including phenoxy) is 2. The summed E-state index contributed by atoms with van der Waals surface area (Å²) in [7, 11) is 0. The zero-order valence-electron chi connectivity index (χ0n) is 27.6. The van der Waals surface area contributed by atoms with E-state index in [-0.39, 0.29) is 23.1 Å². The van der Waals surface area contributed by atoms with E-state index in [1.165, 1.54) is 0 Å². The van der Waals surface area contributed by atoms with E-state index in [1.807, 2.05) is 39.0 Å². The second-order valence-electron chi connectivity index (χ2n) is 12.1. The van der Waals surface area contributed by atoms with Crippen molar-refractivity contribution >= 4 is 12.7 Å². The molecular weight excluding hydrogens is 557 g/mol. The van der Waals surface area contributed by atoms with E-state index in [4.69, 9.17) is 9.47 Å².